The first kappa shape index (κ1) is 25.2. The molecule has 0 radical (unpaired) electrons. The molecule has 0 spiro atoms. The van der Waals surface area contributed by atoms with Crippen molar-refractivity contribution >= 4 is 31.6 Å². The van der Waals surface area contributed by atoms with E-state index in [0.29, 0.717) is 5.69 Å². The Morgan fingerprint density at radius 2 is 1.52 bits per heavy atom. The van der Waals surface area contributed by atoms with Gasteiger partial charge in [-0.05, 0) is 36.6 Å². The summed E-state index contributed by atoms with van der Waals surface area (Å²) in [6, 6.07) is 13.8. The first-order chi connectivity index (χ1) is 15.4. The molecule has 1 aliphatic rings. The molecule has 2 aromatic carbocycles. The molecule has 0 aromatic heterocycles. The van der Waals surface area contributed by atoms with Crippen molar-refractivity contribution in [2.24, 2.45) is 0 Å². The number of carbonyl (C=O) groups excluding carboxylic acids is 1. The van der Waals surface area contributed by atoms with Crippen molar-refractivity contribution in [1.82, 2.24) is 9.21 Å². The predicted octanol–water partition coefficient (Wildman–Crippen LogP) is 2.42. The molecule has 0 saturated carbocycles. The first-order valence-corrected chi connectivity index (χ1v) is 14.1. The minimum absolute atomic E-state index is 0.0797. The van der Waals surface area contributed by atoms with Crippen molar-refractivity contribution in [3.05, 3.63) is 59.7 Å². The molecule has 0 N–H and O–H groups in total. The Kier molecular flexibility index (Phi) is 7.50. The van der Waals surface area contributed by atoms with Gasteiger partial charge in [0.05, 0.1) is 16.8 Å². The number of piperazine rings is 1. The van der Waals surface area contributed by atoms with E-state index in [2.05, 4.69) is 0 Å². The average molecular weight is 494 g/mol. The Bertz CT molecular complexity index is 1200. The van der Waals surface area contributed by atoms with Crippen LogP contribution < -0.4 is 4.31 Å². The number of benzene rings is 2. The van der Waals surface area contributed by atoms with Gasteiger partial charge in [-0.1, -0.05) is 49.7 Å². The van der Waals surface area contributed by atoms with Gasteiger partial charge in [0, 0.05) is 26.2 Å². The average Bonchev–Trinajstić information content (AvgIpc) is 2.77. The van der Waals surface area contributed by atoms with Gasteiger partial charge < -0.3 is 4.90 Å². The fourth-order valence-electron chi connectivity index (χ4n) is 3.84. The summed E-state index contributed by atoms with van der Waals surface area (Å²) in [5.41, 5.74) is 2.30. The van der Waals surface area contributed by atoms with Crippen LogP contribution in [0.3, 0.4) is 0 Å². The normalized spacial score (nSPS) is 15.6. The third-order valence-corrected chi connectivity index (χ3v) is 8.80. The van der Waals surface area contributed by atoms with Crippen molar-refractivity contribution in [3.63, 3.8) is 0 Å². The van der Waals surface area contributed by atoms with Crippen molar-refractivity contribution in [3.8, 4) is 0 Å². The largest absolute Gasteiger partial charge is 0.338 e. The molecule has 180 valence electrons. The van der Waals surface area contributed by atoms with E-state index in [4.69, 9.17) is 0 Å². The number of aryl methyl sites for hydroxylation is 1. The van der Waals surface area contributed by atoms with Crippen LogP contribution in [-0.2, 0) is 24.8 Å². The molecule has 0 atom stereocenters. The Morgan fingerprint density at radius 1 is 0.939 bits per heavy atom. The molecule has 1 heterocycles. The topological polar surface area (TPSA) is 95.1 Å². The second kappa shape index (κ2) is 9.82. The molecule has 0 unspecified atom stereocenters. The van der Waals surface area contributed by atoms with E-state index in [9.17, 15) is 21.6 Å². The van der Waals surface area contributed by atoms with Gasteiger partial charge in [-0.15, -0.1) is 0 Å². The minimum atomic E-state index is -3.70. The monoisotopic (exact) mass is 493 g/mol. The van der Waals surface area contributed by atoms with Crippen LogP contribution in [0.2, 0.25) is 0 Å². The van der Waals surface area contributed by atoms with Crippen molar-refractivity contribution in [1.29, 1.82) is 0 Å². The highest BCUT2D eigenvalue weighted by molar-refractivity contribution is 7.92. The van der Waals surface area contributed by atoms with E-state index in [1.165, 1.54) is 9.21 Å². The highest BCUT2D eigenvalue weighted by Crippen LogP contribution is 2.29. The fourth-order valence-corrected chi connectivity index (χ4v) is 6.13. The molecule has 1 amide bonds. The summed E-state index contributed by atoms with van der Waals surface area (Å²) >= 11 is 0. The van der Waals surface area contributed by atoms with Crippen molar-refractivity contribution in [2.75, 3.05) is 43.3 Å². The smallest absolute Gasteiger partial charge is 0.243 e. The molecule has 8 nitrogen and oxygen atoms in total. The van der Waals surface area contributed by atoms with E-state index in [0.717, 1.165) is 21.7 Å². The number of para-hydroxylation sites is 1. The zero-order valence-corrected chi connectivity index (χ0v) is 21.1. The Hall–Kier alpha value is -2.43. The third-order valence-electron chi connectivity index (χ3n) is 5.76. The van der Waals surface area contributed by atoms with Gasteiger partial charge >= 0.3 is 0 Å². The number of hydrogen-bond acceptors (Lipinski definition) is 5. The molecule has 3 rings (SSSR count). The van der Waals surface area contributed by atoms with E-state index in [1.807, 2.05) is 32.9 Å². The lowest BCUT2D eigenvalue weighted by molar-refractivity contribution is -0.130. The molecular formula is C23H31N3O5S2. The summed E-state index contributed by atoms with van der Waals surface area (Å²) < 4.78 is 53.4. The van der Waals surface area contributed by atoms with Gasteiger partial charge in [0.15, 0.2) is 0 Å². The second-order valence-electron chi connectivity index (χ2n) is 8.58. The minimum Gasteiger partial charge on any atom is -0.338 e. The maximum absolute atomic E-state index is 13.0. The third kappa shape index (κ3) is 5.74. The number of anilines is 1. The highest BCUT2D eigenvalue weighted by Gasteiger charge is 2.32. The van der Waals surface area contributed by atoms with Crippen LogP contribution in [0.25, 0.3) is 0 Å². The van der Waals surface area contributed by atoms with Crippen LogP contribution in [-0.4, -0.2) is 70.9 Å². The number of sulfonamides is 2. The molecule has 1 saturated heterocycles. The van der Waals surface area contributed by atoms with Crippen LogP contribution in [0, 0.1) is 6.92 Å². The summed E-state index contributed by atoms with van der Waals surface area (Å²) in [4.78, 5) is 14.8. The van der Waals surface area contributed by atoms with E-state index >= 15 is 0 Å². The molecule has 10 heteroatoms. The number of hydrogen-bond donors (Lipinski definition) is 0. The molecule has 1 fully saturated rings. The maximum atomic E-state index is 13.0. The molecule has 0 bridgehead atoms. The van der Waals surface area contributed by atoms with Crippen LogP contribution in [0.4, 0.5) is 5.69 Å². The second-order valence-corrected chi connectivity index (χ2v) is 12.4. The van der Waals surface area contributed by atoms with Gasteiger partial charge in [0.1, 0.15) is 6.54 Å². The van der Waals surface area contributed by atoms with Crippen LogP contribution in [0.5, 0.6) is 0 Å². The van der Waals surface area contributed by atoms with Gasteiger partial charge in [-0.2, -0.15) is 4.31 Å². The zero-order valence-electron chi connectivity index (χ0n) is 19.4. The summed E-state index contributed by atoms with van der Waals surface area (Å²) in [6.45, 7) is 6.21. The fraction of sp³-hybridized carbons (Fsp3) is 0.435. The van der Waals surface area contributed by atoms with Crippen molar-refractivity contribution in [2.45, 2.75) is 31.6 Å². The zero-order chi connectivity index (χ0) is 24.4. The van der Waals surface area contributed by atoms with E-state index in [1.54, 1.807) is 36.4 Å². The lowest BCUT2D eigenvalue weighted by Gasteiger charge is -2.35. The Labute approximate surface area is 196 Å². The molecule has 0 aliphatic carbocycles. The lowest BCUT2D eigenvalue weighted by Crippen LogP contribution is -2.53. The Morgan fingerprint density at radius 3 is 2.06 bits per heavy atom. The van der Waals surface area contributed by atoms with Gasteiger partial charge in [-0.25, -0.2) is 16.8 Å². The first-order valence-electron chi connectivity index (χ1n) is 10.8. The lowest BCUT2D eigenvalue weighted by atomic mass is 10.0. The van der Waals surface area contributed by atoms with E-state index in [-0.39, 0.29) is 49.4 Å². The predicted molar refractivity (Wildman–Crippen MR) is 129 cm³/mol. The quantitative estimate of drug-likeness (QED) is 0.590. The number of carbonyl (C=O) groups is 1. The summed E-state index contributed by atoms with van der Waals surface area (Å²) in [5.74, 6) is -0.276. The Balaban J connectivity index is 1.73. The number of rotatable bonds is 7. The van der Waals surface area contributed by atoms with Gasteiger partial charge in [0.2, 0.25) is 26.0 Å². The summed E-state index contributed by atoms with van der Waals surface area (Å²) in [7, 11) is -7.35. The summed E-state index contributed by atoms with van der Waals surface area (Å²) in [6.07, 6.45) is 1.09. The maximum Gasteiger partial charge on any atom is 0.243 e. The standard InChI is InChI=1S/C23H31N3O5S2/c1-18(2)21-7-5-6-8-22(21)26(32(4,28)29)17-23(27)24-13-15-25(16-14-24)33(30,31)20-11-9-19(3)10-12-20/h5-12,18H,13-17H2,1-4H3. The summed E-state index contributed by atoms with van der Waals surface area (Å²) in [5, 5.41) is 0. The van der Waals surface area contributed by atoms with Gasteiger partial charge in [0.25, 0.3) is 0 Å². The van der Waals surface area contributed by atoms with Crippen LogP contribution in [0.1, 0.15) is 30.9 Å². The number of nitrogens with zero attached hydrogens (tertiary/aromatic N) is 3. The SMILES string of the molecule is Cc1ccc(S(=O)(=O)N2CCN(C(=O)CN(c3ccccc3C(C)C)S(C)(=O)=O)CC2)cc1. The highest BCUT2D eigenvalue weighted by atomic mass is 32.2. The molecule has 2 aromatic rings. The van der Waals surface area contributed by atoms with E-state index < -0.39 is 20.0 Å². The van der Waals surface area contributed by atoms with Crippen LogP contribution in [0.15, 0.2) is 53.4 Å². The molecule has 1 aliphatic heterocycles. The van der Waals surface area contributed by atoms with Gasteiger partial charge in [-0.3, -0.25) is 9.10 Å². The molecule has 33 heavy (non-hydrogen) atoms. The van der Waals surface area contributed by atoms with Crippen LogP contribution >= 0.6 is 0 Å². The van der Waals surface area contributed by atoms with Crippen molar-refractivity contribution < 1.29 is 21.6 Å². The number of amides is 1. The molecular weight excluding hydrogens is 462 g/mol.